The number of rotatable bonds is 5. The lowest BCUT2D eigenvalue weighted by molar-refractivity contribution is 0.0957. The number of carbonyl (C=O) groups is 2. The molecule has 6 heteroatoms. The summed E-state index contributed by atoms with van der Waals surface area (Å²) >= 11 is 1.16. The fourth-order valence-electron chi connectivity index (χ4n) is 1.70. The number of nitrogens with two attached hydrogens (primary N) is 1. The van der Waals surface area contributed by atoms with E-state index in [0.717, 1.165) is 17.8 Å². The van der Waals surface area contributed by atoms with E-state index in [0.29, 0.717) is 27.7 Å². The Hall–Kier alpha value is -2.34. The number of nitrogens with one attached hydrogen (secondary N) is 2. The van der Waals surface area contributed by atoms with Gasteiger partial charge in [-0.3, -0.25) is 9.59 Å². The van der Waals surface area contributed by atoms with Crippen LogP contribution in [0.5, 0.6) is 0 Å². The Balaban J connectivity index is 2.05. The van der Waals surface area contributed by atoms with Crippen molar-refractivity contribution in [2.45, 2.75) is 13.3 Å². The van der Waals surface area contributed by atoms with Crippen molar-refractivity contribution in [2.24, 2.45) is 0 Å². The number of benzene rings is 1. The van der Waals surface area contributed by atoms with Gasteiger partial charge in [-0.05, 0) is 30.7 Å². The molecule has 1 aromatic carbocycles. The average Bonchev–Trinajstić information content (AvgIpc) is 2.97. The molecule has 0 saturated carbocycles. The number of para-hydroxylation sites is 2. The summed E-state index contributed by atoms with van der Waals surface area (Å²) in [6.07, 6.45) is 0.873. The Kier molecular flexibility index (Phi) is 4.94. The van der Waals surface area contributed by atoms with Crippen molar-refractivity contribution in [1.82, 2.24) is 5.32 Å². The van der Waals surface area contributed by atoms with Crippen molar-refractivity contribution in [3.63, 3.8) is 0 Å². The van der Waals surface area contributed by atoms with Crippen LogP contribution in [0.2, 0.25) is 0 Å². The zero-order valence-corrected chi connectivity index (χ0v) is 12.5. The minimum atomic E-state index is -0.271. The Morgan fingerprint density at radius 1 is 1.10 bits per heavy atom. The third kappa shape index (κ3) is 3.82. The highest BCUT2D eigenvalue weighted by atomic mass is 32.1. The first-order valence-corrected chi connectivity index (χ1v) is 7.47. The predicted octanol–water partition coefficient (Wildman–Crippen LogP) is 2.72. The summed E-state index contributed by atoms with van der Waals surface area (Å²) < 4.78 is 0. The quantitative estimate of drug-likeness (QED) is 0.743. The predicted molar refractivity (Wildman–Crippen MR) is 85.8 cm³/mol. The second-order valence-electron chi connectivity index (χ2n) is 4.46. The first-order valence-electron chi connectivity index (χ1n) is 6.65. The maximum Gasteiger partial charge on any atom is 0.265 e. The van der Waals surface area contributed by atoms with E-state index in [9.17, 15) is 9.59 Å². The molecule has 0 unspecified atom stereocenters. The molecule has 0 spiro atoms. The molecule has 0 bridgehead atoms. The van der Waals surface area contributed by atoms with E-state index in [2.05, 4.69) is 10.6 Å². The van der Waals surface area contributed by atoms with Crippen LogP contribution in [0, 0.1) is 0 Å². The lowest BCUT2D eigenvalue weighted by atomic mass is 10.2. The molecule has 0 aliphatic carbocycles. The van der Waals surface area contributed by atoms with Gasteiger partial charge >= 0.3 is 0 Å². The third-order valence-corrected chi connectivity index (χ3v) is 3.88. The molecule has 0 aliphatic heterocycles. The fourth-order valence-corrected chi connectivity index (χ4v) is 2.52. The number of hydrogen-bond acceptors (Lipinski definition) is 4. The van der Waals surface area contributed by atoms with Crippen molar-refractivity contribution in [2.75, 3.05) is 17.6 Å². The standard InChI is InChI=1S/C15H17N3O2S/c1-2-9-17-14(19)12-7-8-13(21-12)15(20)18-11-6-4-3-5-10(11)16/h3-8H,2,9,16H2,1H3,(H,17,19)(H,18,20). The van der Waals surface area contributed by atoms with Gasteiger partial charge in [0.2, 0.25) is 0 Å². The molecule has 1 heterocycles. The van der Waals surface area contributed by atoms with Crippen LogP contribution in [-0.4, -0.2) is 18.4 Å². The zero-order chi connectivity index (χ0) is 15.2. The van der Waals surface area contributed by atoms with Gasteiger partial charge in [0.1, 0.15) is 0 Å². The van der Waals surface area contributed by atoms with Gasteiger partial charge in [0.25, 0.3) is 11.8 Å². The van der Waals surface area contributed by atoms with Gasteiger partial charge in [-0.2, -0.15) is 0 Å². The monoisotopic (exact) mass is 303 g/mol. The van der Waals surface area contributed by atoms with E-state index in [1.54, 1.807) is 36.4 Å². The molecule has 1 aromatic heterocycles. The van der Waals surface area contributed by atoms with Gasteiger partial charge in [0.15, 0.2) is 0 Å². The normalized spacial score (nSPS) is 10.1. The van der Waals surface area contributed by atoms with Crippen LogP contribution in [0.4, 0.5) is 11.4 Å². The Morgan fingerprint density at radius 2 is 1.76 bits per heavy atom. The van der Waals surface area contributed by atoms with E-state index in [-0.39, 0.29) is 11.8 Å². The average molecular weight is 303 g/mol. The van der Waals surface area contributed by atoms with Crippen LogP contribution < -0.4 is 16.4 Å². The molecule has 0 radical (unpaired) electrons. The molecule has 0 aliphatic rings. The smallest absolute Gasteiger partial charge is 0.265 e. The topological polar surface area (TPSA) is 84.2 Å². The summed E-state index contributed by atoms with van der Waals surface area (Å²) in [5.41, 5.74) is 6.85. The minimum absolute atomic E-state index is 0.153. The lowest BCUT2D eigenvalue weighted by Gasteiger charge is -2.06. The van der Waals surface area contributed by atoms with E-state index >= 15 is 0 Å². The maximum atomic E-state index is 12.1. The molecule has 21 heavy (non-hydrogen) atoms. The number of nitrogen functional groups attached to an aromatic ring is 1. The first-order chi connectivity index (χ1) is 10.1. The number of carbonyl (C=O) groups excluding carboxylic acids is 2. The van der Waals surface area contributed by atoms with Crippen molar-refractivity contribution in [3.05, 3.63) is 46.2 Å². The van der Waals surface area contributed by atoms with Crippen molar-refractivity contribution < 1.29 is 9.59 Å². The van der Waals surface area contributed by atoms with E-state index in [1.165, 1.54) is 0 Å². The van der Waals surface area contributed by atoms with Gasteiger partial charge in [-0.25, -0.2) is 0 Å². The van der Waals surface area contributed by atoms with Crippen LogP contribution in [-0.2, 0) is 0 Å². The second kappa shape index (κ2) is 6.90. The molecular formula is C15H17N3O2S. The first kappa shape index (κ1) is 15.1. The van der Waals surface area contributed by atoms with Crippen molar-refractivity contribution in [1.29, 1.82) is 0 Å². The number of anilines is 2. The Morgan fingerprint density at radius 3 is 2.43 bits per heavy atom. The summed E-state index contributed by atoms with van der Waals surface area (Å²) in [4.78, 5) is 24.9. The molecule has 0 fully saturated rings. The molecular weight excluding hydrogens is 286 g/mol. The summed E-state index contributed by atoms with van der Waals surface area (Å²) in [5, 5.41) is 5.52. The molecule has 4 N–H and O–H groups in total. The Bertz CT molecular complexity index is 652. The van der Waals surface area contributed by atoms with Crippen LogP contribution in [0.25, 0.3) is 0 Å². The summed E-state index contributed by atoms with van der Waals surface area (Å²) in [5.74, 6) is -0.424. The summed E-state index contributed by atoms with van der Waals surface area (Å²) in [7, 11) is 0. The van der Waals surface area contributed by atoms with Gasteiger partial charge in [-0.1, -0.05) is 19.1 Å². The number of thiophene rings is 1. The third-order valence-electron chi connectivity index (χ3n) is 2.80. The van der Waals surface area contributed by atoms with Crippen LogP contribution >= 0.6 is 11.3 Å². The van der Waals surface area contributed by atoms with E-state index in [1.807, 2.05) is 6.92 Å². The highest BCUT2D eigenvalue weighted by Gasteiger charge is 2.14. The summed E-state index contributed by atoms with van der Waals surface area (Å²) in [6.45, 7) is 2.61. The van der Waals surface area contributed by atoms with Crippen molar-refractivity contribution >= 4 is 34.5 Å². The van der Waals surface area contributed by atoms with Crippen LogP contribution in [0.1, 0.15) is 32.7 Å². The minimum Gasteiger partial charge on any atom is -0.397 e. The zero-order valence-electron chi connectivity index (χ0n) is 11.7. The molecule has 2 amide bonds. The lowest BCUT2D eigenvalue weighted by Crippen LogP contribution is -2.22. The number of hydrogen-bond donors (Lipinski definition) is 3. The van der Waals surface area contributed by atoms with Gasteiger partial charge in [0.05, 0.1) is 21.1 Å². The maximum absolute atomic E-state index is 12.1. The molecule has 2 aromatic rings. The fraction of sp³-hybridized carbons (Fsp3) is 0.200. The Labute approximate surface area is 127 Å². The van der Waals surface area contributed by atoms with E-state index < -0.39 is 0 Å². The van der Waals surface area contributed by atoms with Crippen LogP contribution in [0.15, 0.2) is 36.4 Å². The molecule has 0 atom stereocenters. The van der Waals surface area contributed by atoms with Gasteiger partial charge < -0.3 is 16.4 Å². The molecule has 2 rings (SSSR count). The number of amides is 2. The SMILES string of the molecule is CCCNC(=O)c1ccc(C(=O)Nc2ccccc2N)s1. The molecule has 0 saturated heterocycles. The van der Waals surface area contributed by atoms with Crippen LogP contribution in [0.3, 0.4) is 0 Å². The van der Waals surface area contributed by atoms with Gasteiger partial charge in [0, 0.05) is 6.54 Å². The van der Waals surface area contributed by atoms with E-state index in [4.69, 9.17) is 5.73 Å². The van der Waals surface area contributed by atoms with Crippen molar-refractivity contribution in [3.8, 4) is 0 Å². The highest BCUT2D eigenvalue weighted by Crippen LogP contribution is 2.21. The summed E-state index contributed by atoms with van der Waals surface area (Å²) in [6, 6.07) is 10.3. The highest BCUT2D eigenvalue weighted by molar-refractivity contribution is 7.16. The molecule has 5 nitrogen and oxygen atoms in total. The van der Waals surface area contributed by atoms with Gasteiger partial charge in [-0.15, -0.1) is 11.3 Å². The second-order valence-corrected chi connectivity index (χ2v) is 5.54. The largest absolute Gasteiger partial charge is 0.397 e. The molecule has 110 valence electrons.